The lowest BCUT2D eigenvalue weighted by atomic mass is 9.71. The first-order valence-electron chi connectivity index (χ1n) is 39.7. The highest BCUT2D eigenvalue weighted by molar-refractivity contribution is 5.73. The average Bonchev–Trinajstić information content (AvgIpc) is 1.54. The summed E-state index contributed by atoms with van der Waals surface area (Å²) in [4.78, 5) is 32.9. The van der Waals surface area contributed by atoms with E-state index in [1.807, 2.05) is 90.5 Å². The summed E-state index contributed by atoms with van der Waals surface area (Å²) in [6.07, 6.45) is -7.76. The van der Waals surface area contributed by atoms with Crippen LogP contribution < -0.4 is 10.6 Å². The zero-order valence-electron chi connectivity index (χ0n) is 71.0. The third-order valence-corrected chi connectivity index (χ3v) is 26.1. The van der Waals surface area contributed by atoms with Gasteiger partial charge in [-0.15, -0.1) is 0 Å². The van der Waals surface area contributed by atoms with Crippen molar-refractivity contribution < 1.29 is 106 Å². The molecule has 0 aliphatic carbocycles. The minimum atomic E-state index is -1.74. The van der Waals surface area contributed by atoms with Gasteiger partial charge in [0.25, 0.3) is 0 Å². The Balaban J connectivity index is 0.000000332. The van der Waals surface area contributed by atoms with E-state index >= 15 is 0 Å². The molecule has 26 nitrogen and oxygen atoms in total. The Morgan fingerprint density at radius 1 is 0.491 bits per heavy atom. The molecule has 7 fully saturated rings. The number of hydrogen-bond donors (Lipinski definition) is 7. The zero-order chi connectivity index (χ0) is 80.3. The van der Waals surface area contributed by atoms with Gasteiger partial charge in [0.2, 0.25) is 0 Å². The van der Waals surface area contributed by atoms with Gasteiger partial charge in [0.05, 0.1) is 67.3 Å². The van der Waals surface area contributed by atoms with Crippen LogP contribution in [0, 0.1) is 46.3 Å². The van der Waals surface area contributed by atoms with Crippen LogP contribution in [-0.2, 0) is 80.6 Å². The molecule has 106 heavy (non-hydrogen) atoms. The van der Waals surface area contributed by atoms with Crippen molar-refractivity contribution in [2.45, 2.75) is 379 Å². The lowest BCUT2D eigenvalue weighted by Crippen LogP contribution is -2.65. The molecule has 7 aliphatic heterocycles. The molecular formula is C80H150N4O22. The van der Waals surface area contributed by atoms with Crippen LogP contribution >= 0.6 is 0 Å². The smallest absolute Gasteiger partial charge is 0.311 e. The maximum Gasteiger partial charge on any atom is 0.311 e. The SMILES string of the molecule is CC[C@H]1OC(=O)C(C)C(OC2CC(C)(OC)C(C)(O)C(C)O2)C(C)C(OC2OC(C)CC(N(C)C)C2OC)C(C)(C)CC(C)CNC(C)C(O)C1(C)O.CC[C@H]1OC(=O)C(C)C(OC2CC(C)(OC)C3(CO3)C(C)O2)C(C)C(OC2OC(C)CC(N(C)C)C2OC)C(C)(C)CC(C)CNC(C)C(O)C1(C)O. The summed E-state index contributed by atoms with van der Waals surface area (Å²) in [6, 6.07) is -0.865. The Labute approximate surface area is 637 Å². The van der Waals surface area contributed by atoms with Crippen molar-refractivity contribution in [3.05, 3.63) is 0 Å². The van der Waals surface area contributed by atoms with Crippen molar-refractivity contribution in [3.8, 4) is 0 Å². The van der Waals surface area contributed by atoms with Crippen molar-refractivity contribution >= 4 is 11.9 Å². The van der Waals surface area contributed by atoms with Crippen molar-refractivity contribution in [1.82, 2.24) is 20.4 Å². The summed E-state index contributed by atoms with van der Waals surface area (Å²) < 4.78 is 96.5. The van der Waals surface area contributed by atoms with Crippen LogP contribution in [0.1, 0.15) is 211 Å². The number of rotatable bonds is 16. The second-order valence-electron chi connectivity index (χ2n) is 36.2. The maximum atomic E-state index is 14.3. The molecule has 1 spiro atoms. The van der Waals surface area contributed by atoms with E-state index in [2.05, 4.69) is 75.8 Å². The minimum Gasteiger partial charge on any atom is -0.459 e. The van der Waals surface area contributed by atoms with Crippen LogP contribution in [0.25, 0.3) is 0 Å². The number of epoxide rings is 1. The van der Waals surface area contributed by atoms with Gasteiger partial charge in [-0.3, -0.25) is 9.59 Å². The molecule has 0 aromatic carbocycles. The molecule has 7 N–H and O–H groups in total. The third-order valence-electron chi connectivity index (χ3n) is 26.1. The van der Waals surface area contributed by atoms with E-state index in [-0.39, 0.29) is 67.3 Å². The second kappa shape index (κ2) is 37.1. The molecule has 0 radical (unpaired) electrons. The van der Waals surface area contributed by atoms with Crippen LogP contribution in [0.3, 0.4) is 0 Å². The minimum absolute atomic E-state index is 0.0434. The van der Waals surface area contributed by atoms with Crippen molar-refractivity contribution in [1.29, 1.82) is 0 Å². The van der Waals surface area contributed by atoms with Crippen LogP contribution in [0.5, 0.6) is 0 Å². The molecule has 7 saturated heterocycles. The fourth-order valence-electron chi connectivity index (χ4n) is 18.8. The second-order valence-corrected chi connectivity index (χ2v) is 36.2. The molecule has 0 aromatic rings. The van der Waals surface area contributed by atoms with Crippen molar-refractivity contribution in [2.24, 2.45) is 46.3 Å². The van der Waals surface area contributed by atoms with E-state index in [0.717, 1.165) is 19.3 Å². The summed E-state index contributed by atoms with van der Waals surface area (Å²) in [5.74, 6) is -3.43. The summed E-state index contributed by atoms with van der Waals surface area (Å²) in [5.41, 5.74) is -8.03. The van der Waals surface area contributed by atoms with Crippen LogP contribution in [0.2, 0.25) is 0 Å². The predicted octanol–water partition coefficient (Wildman–Crippen LogP) is 7.77. The summed E-state index contributed by atoms with van der Waals surface area (Å²) in [7, 11) is 14.8. The number of likely N-dealkylation sites (N-methyl/N-ethyl adjacent to an activating group) is 2. The van der Waals surface area contributed by atoms with E-state index in [9.17, 15) is 35.1 Å². The molecule has 32 unspecified atom stereocenters. The van der Waals surface area contributed by atoms with Gasteiger partial charge in [0.1, 0.15) is 70.2 Å². The van der Waals surface area contributed by atoms with Gasteiger partial charge < -0.3 is 117 Å². The Morgan fingerprint density at radius 3 is 1.16 bits per heavy atom. The summed E-state index contributed by atoms with van der Waals surface area (Å²) >= 11 is 0. The number of nitrogens with zero attached hydrogens (tertiary/aromatic N) is 2. The quantitative estimate of drug-likeness (QED) is 0.0573. The van der Waals surface area contributed by atoms with Crippen LogP contribution in [-0.4, -0.2) is 292 Å². The highest BCUT2D eigenvalue weighted by Crippen LogP contribution is 2.52. The third kappa shape index (κ3) is 20.6. The molecule has 34 atom stereocenters. The van der Waals surface area contributed by atoms with E-state index in [4.69, 9.17) is 71.1 Å². The topological polar surface area (TPSA) is 308 Å². The first kappa shape index (κ1) is 92.9. The Kier molecular flexibility index (Phi) is 32.5. The first-order chi connectivity index (χ1) is 49.0. The Bertz CT molecular complexity index is 2560. The standard InChI is InChI=1S/C40H74N2O11.C40H76N2O11/c1-16-29-39(11,45)33(43)26(6)41-20-22(2)18-37(8,9)34(53-36-32(46-14)28(42(12)13)17-23(3)49-36)24(4)31(25(5)35(44)51-29)52-30-19-38(10,47-15)40(21-48-40)27(7)50-30;1-17-29-39(11,45)33(43)26(6)41-21-22(2)19-37(8,9)34(53-36-32(47-15)28(42(13)14)18-23(3)49-36)24(4)31(25(5)35(44)51-29)52-30-20-38(10,48-16)40(12,46)27(7)50-30/h22-34,36,41,43,45H,16-21H2,1-15H3;22-34,36,41,43,45-46H,17-21H2,1-16H3/t2*22?,23?,24?,25?,26?,27?,28?,29-,30?,31?,32?,33?,34?,36?,38?,39?,40?/m11/s1. The van der Waals surface area contributed by atoms with Gasteiger partial charge in [-0.1, -0.05) is 69.2 Å². The number of cyclic esters (lactones) is 2. The monoisotopic (exact) mass is 1520 g/mol. The number of nitrogens with one attached hydrogen (secondary N) is 2. The summed E-state index contributed by atoms with van der Waals surface area (Å²) in [5, 5.41) is 64.5. The zero-order valence-corrected chi connectivity index (χ0v) is 71.0. The fourth-order valence-corrected chi connectivity index (χ4v) is 18.8. The fraction of sp³-hybridized carbons (Fsp3) is 0.975. The predicted molar refractivity (Wildman–Crippen MR) is 402 cm³/mol. The van der Waals surface area contributed by atoms with Gasteiger partial charge in [-0.2, -0.15) is 0 Å². The van der Waals surface area contributed by atoms with Gasteiger partial charge in [-0.05, 0) is 192 Å². The van der Waals surface area contributed by atoms with Gasteiger partial charge in [-0.25, -0.2) is 0 Å². The lowest BCUT2D eigenvalue weighted by molar-refractivity contribution is -0.332. The molecule has 0 aromatic heterocycles. The molecule has 26 heteroatoms. The van der Waals surface area contributed by atoms with E-state index in [1.165, 1.54) is 13.8 Å². The molecular weight excluding hydrogens is 1370 g/mol. The number of carbonyl (C=O) groups excluding carboxylic acids is 2. The van der Waals surface area contributed by atoms with Crippen molar-refractivity contribution in [3.63, 3.8) is 0 Å². The Morgan fingerprint density at radius 2 is 0.840 bits per heavy atom. The molecule has 7 rings (SSSR count). The molecule has 0 saturated carbocycles. The Hall–Kier alpha value is -1.94. The number of aliphatic hydroxyl groups excluding tert-OH is 2. The maximum absolute atomic E-state index is 14.3. The average molecular weight is 1520 g/mol. The lowest BCUT2D eigenvalue weighted by Gasteiger charge is -2.52. The molecule has 7 aliphatic rings. The number of hydrogen-bond acceptors (Lipinski definition) is 26. The van der Waals surface area contributed by atoms with Crippen molar-refractivity contribution in [2.75, 3.05) is 76.3 Å². The van der Waals surface area contributed by atoms with Crippen LogP contribution in [0.15, 0.2) is 0 Å². The highest BCUT2D eigenvalue weighted by Gasteiger charge is 2.68. The highest BCUT2D eigenvalue weighted by atomic mass is 16.7. The molecule has 7 heterocycles. The summed E-state index contributed by atoms with van der Waals surface area (Å²) in [6.45, 7) is 46.1. The number of esters is 2. The first-order valence-corrected chi connectivity index (χ1v) is 39.7. The number of aliphatic hydroxyl groups is 5. The van der Waals surface area contributed by atoms with Gasteiger partial charge in [0, 0.05) is 77.3 Å². The number of ether oxygens (including phenoxy) is 15. The van der Waals surface area contributed by atoms with E-state index in [1.54, 1.807) is 56.1 Å². The molecule has 0 bridgehead atoms. The van der Waals surface area contributed by atoms with Crippen LogP contribution in [0.4, 0.5) is 0 Å². The molecule has 0 amide bonds. The normalized spacial score (nSPS) is 48.5. The van der Waals surface area contributed by atoms with Gasteiger partial charge in [0.15, 0.2) is 25.2 Å². The molecule has 622 valence electrons. The van der Waals surface area contributed by atoms with E-state index in [0.29, 0.717) is 39.0 Å². The number of methoxy groups -OCH3 is 4. The number of carbonyl (C=O) groups is 2. The van der Waals surface area contributed by atoms with Gasteiger partial charge >= 0.3 is 11.9 Å². The largest absolute Gasteiger partial charge is 0.459 e. The van der Waals surface area contributed by atoms with E-state index < -0.39 is 172 Å².